The number of esters is 3. The molecule has 3 heterocycles. The van der Waals surface area contributed by atoms with Crippen molar-refractivity contribution in [1.29, 1.82) is 0 Å². The van der Waals surface area contributed by atoms with Gasteiger partial charge in [-0.3, -0.25) is 0 Å². The molecule has 0 aromatic heterocycles. The van der Waals surface area contributed by atoms with Gasteiger partial charge in [0, 0.05) is 0 Å². The van der Waals surface area contributed by atoms with Gasteiger partial charge in [-0.25, -0.2) is 14.4 Å². The second kappa shape index (κ2) is 39.1. The summed E-state index contributed by atoms with van der Waals surface area (Å²) in [6.07, 6.45) is -20.2. The summed E-state index contributed by atoms with van der Waals surface area (Å²) in [5.41, 5.74) is 6.34. The molecular formula is C88H86O19. The van der Waals surface area contributed by atoms with Gasteiger partial charge in [-0.15, -0.1) is 0 Å². The third-order valence-corrected chi connectivity index (χ3v) is 18.5. The van der Waals surface area contributed by atoms with Crippen molar-refractivity contribution >= 4 is 17.9 Å². The minimum atomic E-state index is -1.77. The molecule has 552 valence electrons. The molecule has 13 rings (SSSR count). The molecule has 0 spiro atoms. The summed E-state index contributed by atoms with van der Waals surface area (Å²) < 4.78 is 104. The molecule has 107 heavy (non-hydrogen) atoms. The molecule has 0 radical (unpaired) electrons. The van der Waals surface area contributed by atoms with Crippen LogP contribution in [0.15, 0.2) is 303 Å². The molecule has 3 aliphatic heterocycles. The van der Waals surface area contributed by atoms with Gasteiger partial charge in [0.05, 0.1) is 76.2 Å². The molecule has 0 bridgehead atoms. The first-order valence-corrected chi connectivity index (χ1v) is 35.9. The first-order chi connectivity index (χ1) is 52.7. The first-order valence-electron chi connectivity index (χ1n) is 35.9. The molecular weight excluding hydrogens is 1360 g/mol. The van der Waals surface area contributed by atoms with Crippen LogP contribution in [0.25, 0.3) is 0 Å². The van der Waals surface area contributed by atoms with E-state index in [1.54, 1.807) is 91.0 Å². The second-order valence-electron chi connectivity index (χ2n) is 26.1. The highest BCUT2D eigenvalue weighted by molar-refractivity contribution is 5.91. The molecule has 10 aromatic rings. The monoisotopic (exact) mass is 1450 g/mol. The van der Waals surface area contributed by atoms with Crippen LogP contribution in [-0.4, -0.2) is 135 Å². The van der Waals surface area contributed by atoms with Crippen molar-refractivity contribution in [3.8, 4) is 0 Å². The zero-order chi connectivity index (χ0) is 73.2. The summed E-state index contributed by atoms with van der Waals surface area (Å²) in [6.45, 7) is -0.545. The lowest BCUT2D eigenvalue weighted by atomic mass is 9.95. The Morgan fingerprint density at radius 3 is 0.963 bits per heavy atom. The summed E-state index contributed by atoms with van der Waals surface area (Å²) in [6, 6.07) is 92.1. The van der Waals surface area contributed by atoms with Crippen molar-refractivity contribution < 1.29 is 90.5 Å². The quantitative estimate of drug-likeness (QED) is 0.0293. The van der Waals surface area contributed by atoms with E-state index in [2.05, 4.69) is 0 Å². The smallest absolute Gasteiger partial charge is 0.338 e. The van der Waals surface area contributed by atoms with E-state index in [4.69, 9.17) is 71.1 Å². The number of aliphatic hydroxyl groups is 1. The highest BCUT2D eigenvalue weighted by Gasteiger charge is 2.58. The van der Waals surface area contributed by atoms with Crippen LogP contribution in [-0.2, 0) is 117 Å². The van der Waals surface area contributed by atoms with Crippen molar-refractivity contribution in [3.63, 3.8) is 0 Å². The van der Waals surface area contributed by atoms with Gasteiger partial charge in [-0.2, -0.15) is 0 Å². The zero-order valence-electron chi connectivity index (χ0n) is 58.9. The van der Waals surface area contributed by atoms with Crippen molar-refractivity contribution in [2.24, 2.45) is 0 Å². The maximum absolute atomic E-state index is 15.3. The average Bonchev–Trinajstić information content (AvgIpc) is 0.760. The van der Waals surface area contributed by atoms with Gasteiger partial charge in [0.2, 0.25) is 0 Å². The standard InChI is InChI=1S/C88H86O19/c89-83(68-45-25-8-26-46-68)100-59-73-76(107-88-81(99-57-67-43-23-7-24-44-67)78(97-55-65-39-19-5-20-40-65)74(94-52-62-33-13-2-14-34-62)71(104-88)58-93-51-61-31-11-1-12-32-61)79(105-84(90)69-47-27-9-28-48-69)82(106-85(91)70-49-29-10-30-50-70)87(103-73)101-60-72-75(95-53-63-35-15-3-16-36-63)77(96-54-64-37-17-4-18-38-64)80(86(92)102-72)98-56-66-41-21-6-22-42-66/h1-50,71-82,86-88,92H,51-60H2/t71-,72-,73-,74+,75-,76+,77+,78+,79+,80+,81-,82-,86+,87-,88-/m1/s1. The van der Waals surface area contributed by atoms with Gasteiger partial charge in [-0.05, 0) is 75.3 Å². The van der Waals surface area contributed by atoms with E-state index >= 15 is 9.59 Å². The highest BCUT2D eigenvalue weighted by atomic mass is 16.8. The maximum Gasteiger partial charge on any atom is 0.338 e. The fraction of sp³-hybridized carbons (Fsp3) is 0.284. The van der Waals surface area contributed by atoms with Crippen LogP contribution in [0.2, 0.25) is 0 Å². The largest absolute Gasteiger partial charge is 0.459 e. The van der Waals surface area contributed by atoms with Gasteiger partial charge in [0.25, 0.3) is 0 Å². The molecule has 3 fully saturated rings. The number of rotatable bonds is 34. The van der Waals surface area contributed by atoms with Gasteiger partial charge >= 0.3 is 17.9 Å². The molecule has 15 atom stereocenters. The lowest BCUT2D eigenvalue weighted by Gasteiger charge is -2.50. The number of carbonyl (C=O) groups is 3. The van der Waals surface area contributed by atoms with Crippen LogP contribution in [0, 0.1) is 0 Å². The lowest BCUT2D eigenvalue weighted by molar-refractivity contribution is -0.373. The van der Waals surface area contributed by atoms with E-state index in [9.17, 15) is 9.90 Å². The number of hydrogen-bond acceptors (Lipinski definition) is 19. The third kappa shape index (κ3) is 21.2. The molecule has 1 N–H and O–H groups in total. The summed E-state index contributed by atoms with van der Waals surface area (Å²) in [7, 11) is 0. The van der Waals surface area contributed by atoms with E-state index in [-0.39, 0.29) is 69.5 Å². The molecule has 3 saturated heterocycles. The van der Waals surface area contributed by atoms with Crippen molar-refractivity contribution in [2.45, 2.75) is 138 Å². The third-order valence-electron chi connectivity index (χ3n) is 18.5. The molecule has 10 aromatic carbocycles. The normalized spacial score (nSPS) is 24.2. The molecule has 0 amide bonds. The highest BCUT2D eigenvalue weighted by Crippen LogP contribution is 2.39. The summed E-state index contributed by atoms with van der Waals surface area (Å²) in [4.78, 5) is 44.9. The number of ether oxygens (including phenoxy) is 15. The Labute approximate surface area is 622 Å². The predicted octanol–water partition coefficient (Wildman–Crippen LogP) is 13.6. The van der Waals surface area contributed by atoms with Crippen LogP contribution >= 0.6 is 0 Å². The predicted molar refractivity (Wildman–Crippen MR) is 393 cm³/mol. The zero-order valence-corrected chi connectivity index (χ0v) is 58.9. The Morgan fingerprint density at radius 1 is 0.262 bits per heavy atom. The Bertz CT molecular complexity index is 4240. The second-order valence-corrected chi connectivity index (χ2v) is 26.1. The molecule has 19 nitrogen and oxygen atoms in total. The van der Waals surface area contributed by atoms with Gasteiger partial charge in [-0.1, -0.05) is 267 Å². The Kier molecular flexibility index (Phi) is 27.5. The Hall–Kier alpha value is -9.91. The number of hydrogen-bond donors (Lipinski definition) is 1. The Morgan fingerprint density at radius 2 is 0.561 bits per heavy atom. The van der Waals surface area contributed by atoms with Crippen molar-refractivity contribution in [1.82, 2.24) is 0 Å². The van der Waals surface area contributed by atoms with E-state index < -0.39 is 123 Å². The van der Waals surface area contributed by atoms with E-state index in [0.29, 0.717) is 0 Å². The number of aliphatic hydroxyl groups excluding tert-OH is 1. The van der Waals surface area contributed by atoms with E-state index in [1.807, 2.05) is 212 Å². The topological polar surface area (TPSA) is 210 Å². The number of benzene rings is 10. The fourth-order valence-electron chi connectivity index (χ4n) is 13.0. The van der Waals surface area contributed by atoms with Crippen molar-refractivity contribution in [2.75, 3.05) is 19.8 Å². The van der Waals surface area contributed by atoms with Crippen molar-refractivity contribution in [3.05, 3.63) is 359 Å². The van der Waals surface area contributed by atoms with Gasteiger partial charge < -0.3 is 76.2 Å². The van der Waals surface area contributed by atoms with Crippen LogP contribution in [0.3, 0.4) is 0 Å². The SMILES string of the molecule is O=C(OC[C@H]1O[C@@H](OC[C@H]2O[C@H](O)[C@@H](OCc3ccccc3)[C@@H](OCc3ccccc3)[C@@H]2OCc2ccccc2)[C@H](OC(=O)c2ccccc2)[C@@H](OC(=O)c2ccccc2)[C@H]1O[C@H]1O[C@H](COCc2ccccc2)[C@H](OCc2ccccc2)[C@H](OCc2ccccc2)[C@H]1OCc1ccccc1)c1ccccc1. The summed E-state index contributed by atoms with van der Waals surface area (Å²) >= 11 is 0. The first kappa shape index (κ1) is 75.3. The van der Waals surface area contributed by atoms with E-state index in [0.717, 1.165) is 38.9 Å². The average molecular weight is 1450 g/mol. The molecule has 0 unspecified atom stereocenters. The Balaban J connectivity index is 0.918. The molecule has 0 saturated carbocycles. The maximum atomic E-state index is 15.3. The van der Waals surface area contributed by atoms with Gasteiger partial charge in [0.1, 0.15) is 67.6 Å². The fourth-order valence-corrected chi connectivity index (χ4v) is 13.0. The van der Waals surface area contributed by atoms with Gasteiger partial charge in [0.15, 0.2) is 31.1 Å². The number of carbonyl (C=O) groups excluding carboxylic acids is 3. The molecule has 19 heteroatoms. The van der Waals surface area contributed by atoms with E-state index in [1.165, 1.54) is 0 Å². The molecule has 3 aliphatic rings. The lowest BCUT2D eigenvalue weighted by Crippen LogP contribution is -2.67. The summed E-state index contributed by atoms with van der Waals surface area (Å²) in [5, 5.41) is 12.4. The molecule has 0 aliphatic carbocycles. The minimum Gasteiger partial charge on any atom is -0.459 e. The van der Waals surface area contributed by atoms with Crippen LogP contribution in [0.5, 0.6) is 0 Å². The minimum absolute atomic E-state index is 0.00543. The van der Waals surface area contributed by atoms with Crippen LogP contribution < -0.4 is 0 Å². The van der Waals surface area contributed by atoms with Crippen LogP contribution in [0.4, 0.5) is 0 Å². The van der Waals surface area contributed by atoms with Crippen LogP contribution in [0.1, 0.15) is 70.0 Å². The summed E-state index contributed by atoms with van der Waals surface area (Å²) in [5.74, 6) is -2.48.